The summed E-state index contributed by atoms with van der Waals surface area (Å²) in [6, 6.07) is 13.9. The van der Waals surface area contributed by atoms with E-state index >= 15 is 0 Å². The van der Waals surface area contributed by atoms with Crippen molar-refractivity contribution in [2.45, 2.75) is 19.4 Å². The van der Waals surface area contributed by atoms with Gasteiger partial charge in [0.2, 0.25) is 6.10 Å². The van der Waals surface area contributed by atoms with E-state index in [0.29, 0.717) is 17.7 Å². The second-order valence-electron chi connectivity index (χ2n) is 5.55. The largest absolute Gasteiger partial charge is 0.463 e. The number of carbonyl (C=O) groups excluding carboxylic acids is 3. The summed E-state index contributed by atoms with van der Waals surface area (Å²) in [7, 11) is 0. The molecule has 1 aliphatic rings. The average molecular weight is 340 g/mol. The van der Waals surface area contributed by atoms with Crippen molar-refractivity contribution >= 4 is 17.9 Å². The number of ether oxygens (including phenoxy) is 3. The minimum absolute atomic E-state index is 0.277. The van der Waals surface area contributed by atoms with Crippen molar-refractivity contribution in [1.29, 1.82) is 0 Å². The van der Waals surface area contributed by atoms with Crippen LogP contribution in [0, 0.1) is 0 Å². The molecule has 1 heterocycles. The molecule has 0 radical (unpaired) electrons. The van der Waals surface area contributed by atoms with Crippen LogP contribution >= 0.6 is 0 Å². The van der Waals surface area contributed by atoms with Crippen molar-refractivity contribution in [3.05, 3.63) is 54.1 Å². The van der Waals surface area contributed by atoms with E-state index in [9.17, 15) is 14.4 Å². The number of esters is 3. The summed E-state index contributed by atoms with van der Waals surface area (Å²) in [4.78, 5) is 34.3. The van der Waals surface area contributed by atoms with Crippen molar-refractivity contribution in [2.75, 3.05) is 6.61 Å². The first kappa shape index (κ1) is 16.7. The molecule has 1 aliphatic heterocycles. The minimum atomic E-state index is -0.819. The van der Waals surface area contributed by atoms with Crippen LogP contribution in [0.3, 0.4) is 0 Å². The van der Waals surface area contributed by atoms with Crippen molar-refractivity contribution < 1.29 is 28.6 Å². The van der Waals surface area contributed by atoms with Gasteiger partial charge in [0.1, 0.15) is 5.75 Å². The molecule has 6 nitrogen and oxygen atoms in total. The van der Waals surface area contributed by atoms with Crippen LogP contribution in [0.4, 0.5) is 0 Å². The van der Waals surface area contributed by atoms with Gasteiger partial charge in [0.05, 0.1) is 12.2 Å². The highest BCUT2D eigenvalue weighted by atomic mass is 16.6. The van der Waals surface area contributed by atoms with Gasteiger partial charge in [-0.3, -0.25) is 4.79 Å². The standard InChI is InChI=1S/C19H16O6/c1-12(20)24-16-8-6-14(7-9-16)13-2-4-15(5-3-13)18(21)25-17-10-11-23-19(17)22/h2-9,17H,10-11H2,1H3. The number of rotatable bonds is 4. The van der Waals surface area contributed by atoms with E-state index in [1.54, 1.807) is 36.4 Å². The van der Waals surface area contributed by atoms with Gasteiger partial charge in [-0.25, -0.2) is 9.59 Å². The Balaban J connectivity index is 1.68. The average Bonchev–Trinajstić information content (AvgIpc) is 3.00. The third kappa shape index (κ3) is 4.03. The Bertz CT molecular complexity index is 792. The molecule has 1 atom stereocenters. The molecule has 0 amide bonds. The van der Waals surface area contributed by atoms with Gasteiger partial charge in [0.25, 0.3) is 0 Å². The van der Waals surface area contributed by atoms with Crippen molar-refractivity contribution in [3.8, 4) is 16.9 Å². The zero-order valence-electron chi connectivity index (χ0n) is 13.6. The fourth-order valence-corrected chi connectivity index (χ4v) is 2.46. The number of carbonyl (C=O) groups is 3. The summed E-state index contributed by atoms with van der Waals surface area (Å²) in [6.07, 6.45) is -0.432. The first-order valence-electron chi connectivity index (χ1n) is 7.79. The topological polar surface area (TPSA) is 78.9 Å². The lowest BCUT2D eigenvalue weighted by molar-refractivity contribution is -0.145. The first-order valence-corrected chi connectivity index (χ1v) is 7.79. The van der Waals surface area contributed by atoms with Gasteiger partial charge in [-0.1, -0.05) is 24.3 Å². The maximum absolute atomic E-state index is 12.1. The third-order valence-electron chi connectivity index (χ3n) is 3.71. The molecular weight excluding hydrogens is 324 g/mol. The van der Waals surface area contributed by atoms with Crippen LogP contribution in [0.1, 0.15) is 23.7 Å². The fourth-order valence-electron chi connectivity index (χ4n) is 2.46. The van der Waals surface area contributed by atoms with Gasteiger partial charge in [0, 0.05) is 13.3 Å². The lowest BCUT2D eigenvalue weighted by Gasteiger charge is -2.09. The van der Waals surface area contributed by atoms with Crippen LogP contribution in [-0.4, -0.2) is 30.6 Å². The van der Waals surface area contributed by atoms with E-state index < -0.39 is 18.0 Å². The summed E-state index contributed by atoms with van der Waals surface area (Å²) in [6.45, 7) is 1.62. The Kier molecular flexibility index (Phi) is 4.79. The zero-order valence-corrected chi connectivity index (χ0v) is 13.6. The van der Waals surface area contributed by atoms with Gasteiger partial charge in [-0.2, -0.15) is 0 Å². The van der Waals surface area contributed by atoms with Crippen molar-refractivity contribution in [3.63, 3.8) is 0 Å². The second kappa shape index (κ2) is 7.17. The highest BCUT2D eigenvalue weighted by molar-refractivity contribution is 5.92. The van der Waals surface area contributed by atoms with Gasteiger partial charge in [-0.05, 0) is 35.4 Å². The number of hydrogen-bond donors (Lipinski definition) is 0. The number of benzene rings is 2. The Hall–Kier alpha value is -3.15. The molecular formula is C19H16O6. The summed E-state index contributed by atoms with van der Waals surface area (Å²) in [5.74, 6) is -0.958. The quantitative estimate of drug-likeness (QED) is 0.629. The van der Waals surface area contributed by atoms with E-state index in [4.69, 9.17) is 14.2 Å². The van der Waals surface area contributed by atoms with E-state index in [-0.39, 0.29) is 12.6 Å². The van der Waals surface area contributed by atoms with Crippen LogP contribution in [-0.2, 0) is 19.1 Å². The monoisotopic (exact) mass is 340 g/mol. The second-order valence-corrected chi connectivity index (χ2v) is 5.55. The van der Waals surface area contributed by atoms with Crippen LogP contribution < -0.4 is 4.74 Å². The molecule has 1 saturated heterocycles. The Morgan fingerprint density at radius 1 is 1.00 bits per heavy atom. The third-order valence-corrected chi connectivity index (χ3v) is 3.71. The molecule has 0 spiro atoms. The predicted molar refractivity (Wildman–Crippen MR) is 88.0 cm³/mol. The summed E-state index contributed by atoms with van der Waals surface area (Å²) in [5, 5.41) is 0. The highest BCUT2D eigenvalue weighted by Gasteiger charge is 2.30. The predicted octanol–water partition coefficient (Wildman–Crippen LogP) is 2.75. The molecule has 0 saturated carbocycles. The summed E-state index contributed by atoms with van der Waals surface area (Å²) >= 11 is 0. The molecule has 6 heteroatoms. The lowest BCUT2D eigenvalue weighted by atomic mass is 10.0. The molecule has 3 rings (SSSR count). The van der Waals surface area contributed by atoms with Crippen LogP contribution in [0.25, 0.3) is 11.1 Å². The molecule has 128 valence electrons. The lowest BCUT2D eigenvalue weighted by Crippen LogP contribution is -2.22. The maximum Gasteiger partial charge on any atom is 0.347 e. The van der Waals surface area contributed by atoms with Gasteiger partial charge < -0.3 is 14.2 Å². The molecule has 1 fully saturated rings. The van der Waals surface area contributed by atoms with Crippen LogP contribution in [0.5, 0.6) is 5.75 Å². The molecule has 0 aromatic heterocycles. The summed E-state index contributed by atoms with van der Waals surface area (Å²) < 4.78 is 14.9. The molecule has 2 aromatic carbocycles. The molecule has 1 unspecified atom stereocenters. The highest BCUT2D eigenvalue weighted by Crippen LogP contribution is 2.23. The molecule has 25 heavy (non-hydrogen) atoms. The Morgan fingerprint density at radius 3 is 2.12 bits per heavy atom. The van der Waals surface area contributed by atoms with Gasteiger partial charge in [-0.15, -0.1) is 0 Å². The maximum atomic E-state index is 12.1. The van der Waals surface area contributed by atoms with Crippen LogP contribution in [0.15, 0.2) is 48.5 Å². The van der Waals surface area contributed by atoms with E-state index in [1.807, 2.05) is 12.1 Å². The van der Waals surface area contributed by atoms with Gasteiger partial charge >= 0.3 is 17.9 Å². The van der Waals surface area contributed by atoms with Crippen molar-refractivity contribution in [1.82, 2.24) is 0 Å². The zero-order chi connectivity index (χ0) is 17.8. The van der Waals surface area contributed by atoms with E-state index in [1.165, 1.54) is 6.92 Å². The molecule has 0 aliphatic carbocycles. The minimum Gasteiger partial charge on any atom is -0.463 e. The fraction of sp³-hybridized carbons (Fsp3) is 0.211. The van der Waals surface area contributed by atoms with E-state index in [2.05, 4.69) is 0 Å². The van der Waals surface area contributed by atoms with Crippen LogP contribution in [0.2, 0.25) is 0 Å². The molecule has 0 N–H and O–H groups in total. The van der Waals surface area contributed by atoms with Gasteiger partial charge in [0.15, 0.2) is 0 Å². The SMILES string of the molecule is CC(=O)Oc1ccc(-c2ccc(C(=O)OC3CCOC3=O)cc2)cc1. The number of hydrogen-bond acceptors (Lipinski definition) is 6. The Labute approximate surface area is 144 Å². The normalized spacial score (nSPS) is 16.2. The molecule has 2 aromatic rings. The van der Waals surface area contributed by atoms with E-state index in [0.717, 1.165) is 11.1 Å². The molecule has 0 bridgehead atoms. The summed E-state index contributed by atoms with van der Waals surface area (Å²) in [5.41, 5.74) is 2.17. The Morgan fingerprint density at radius 2 is 1.60 bits per heavy atom. The first-order chi connectivity index (χ1) is 12.0. The van der Waals surface area contributed by atoms with Crippen molar-refractivity contribution in [2.24, 2.45) is 0 Å². The number of cyclic esters (lactones) is 1. The smallest absolute Gasteiger partial charge is 0.347 e.